The zero-order valence-electron chi connectivity index (χ0n) is 8.59. The molecule has 0 unspecified atom stereocenters. The van der Waals surface area contributed by atoms with Gasteiger partial charge in [-0.15, -0.1) is 11.6 Å². The molecule has 1 heterocycles. The van der Waals surface area contributed by atoms with Gasteiger partial charge in [0.25, 0.3) is 0 Å². The number of nitrogens with one attached hydrogen (secondary N) is 1. The maximum Gasteiger partial charge on any atom is 0.189 e. The van der Waals surface area contributed by atoms with Crippen molar-refractivity contribution in [2.75, 3.05) is 5.88 Å². The molecule has 2 rings (SSSR count). The molecule has 0 fully saturated rings. The van der Waals surface area contributed by atoms with E-state index in [1.165, 1.54) is 6.07 Å². The van der Waals surface area contributed by atoms with Gasteiger partial charge in [-0.25, -0.2) is 0 Å². The summed E-state index contributed by atoms with van der Waals surface area (Å²) in [7, 11) is 0. The average Bonchev–Trinajstić information content (AvgIpc) is 2.31. The van der Waals surface area contributed by atoms with Crippen LogP contribution in [0.4, 0.5) is 0 Å². The van der Waals surface area contributed by atoms with Crippen LogP contribution in [0.3, 0.4) is 0 Å². The highest BCUT2D eigenvalue weighted by molar-refractivity contribution is 6.18. The van der Waals surface area contributed by atoms with Crippen LogP contribution >= 0.6 is 11.6 Å². The molecule has 0 atom stereocenters. The number of aromatic nitrogens is 1. The van der Waals surface area contributed by atoms with E-state index in [0.29, 0.717) is 17.7 Å². The van der Waals surface area contributed by atoms with Crippen LogP contribution in [0.5, 0.6) is 0 Å². The van der Waals surface area contributed by atoms with Crippen LogP contribution in [0.25, 0.3) is 10.9 Å². The monoisotopic (exact) mass is 231 g/mol. The van der Waals surface area contributed by atoms with E-state index in [1.807, 2.05) is 12.1 Å². The van der Waals surface area contributed by atoms with E-state index < -0.39 is 0 Å². The van der Waals surface area contributed by atoms with Gasteiger partial charge in [-0.2, -0.15) is 0 Å². The Balaban J connectivity index is 2.60. The molecule has 80 valence electrons. The maximum atomic E-state index is 11.6. The van der Waals surface area contributed by atoms with Crippen molar-refractivity contribution in [3.05, 3.63) is 46.2 Å². The van der Waals surface area contributed by atoms with Gasteiger partial charge in [-0.3, -0.25) is 4.79 Å². The number of H-pyrrole nitrogens is 1. The lowest BCUT2D eigenvalue weighted by Crippen LogP contribution is -2.00. The van der Waals surface area contributed by atoms with Crippen LogP contribution in [0.15, 0.2) is 35.3 Å². The second-order valence-corrected chi connectivity index (χ2v) is 3.69. The molecule has 0 saturated heterocycles. The Kier molecular flexibility index (Phi) is 3.28. The van der Waals surface area contributed by atoms with E-state index in [-0.39, 0.29) is 5.43 Å². The number of hydrogen-bond donors (Lipinski definition) is 1. The number of benzene rings is 1. The fraction of sp³-hybridized carbons (Fsp3) is 0.154. The maximum absolute atomic E-state index is 11.6. The molecule has 0 saturated carbocycles. The lowest BCUT2D eigenvalue weighted by molar-refractivity contribution is 1.29. The number of aromatic amines is 1. The molecule has 3 heteroatoms. The van der Waals surface area contributed by atoms with Gasteiger partial charge in [0, 0.05) is 35.5 Å². The number of alkyl halides is 1. The summed E-state index contributed by atoms with van der Waals surface area (Å²) in [5, 5.41) is 0.667. The summed E-state index contributed by atoms with van der Waals surface area (Å²) in [5.74, 6) is 6.49. The minimum Gasteiger partial charge on any atom is -0.360 e. The number of hydrogen-bond acceptors (Lipinski definition) is 1. The summed E-state index contributed by atoms with van der Waals surface area (Å²) < 4.78 is 0. The van der Waals surface area contributed by atoms with Gasteiger partial charge in [0.1, 0.15) is 0 Å². The second kappa shape index (κ2) is 4.87. The summed E-state index contributed by atoms with van der Waals surface area (Å²) in [6, 6.07) is 7.03. The van der Waals surface area contributed by atoms with Crippen molar-refractivity contribution < 1.29 is 0 Å². The molecular formula is C13H10ClNO. The standard InChI is InChI=1S/C13H10ClNO/c14-8-2-1-4-10-5-3-6-11-12(16)7-9-15-13(10)11/h3,5-7,9H,2,8H2,(H,15,16). The molecule has 1 aromatic heterocycles. The molecule has 0 aliphatic carbocycles. The van der Waals surface area contributed by atoms with E-state index in [1.54, 1.807) is 12.3 Å². The molecule has 0 aliphatic heterocycles. The van der Waals surface area contributed by atoms with Gasteiger partial charge < -0.3 is 4.98 Å². The van der Waals surface area contributed by atoms with Gasteiger partial charge in [-0.05, 0) is 12.1 Å². The van der Waals surface area contributed by atoms with Gasteiger partial charge in [0.15, 0.2) is 5.43 Å². The fourth-order valence-corrected chi connectivity index (χ4v) is 1.61. The lowest BCUT2D eigenvalue weighted by Gasteiger charge is -1.98. The normalized spacial score (nSPS) is 9.81. The first-order valence-electron chi connectivity index (χ1n) is 4.98. The van der Waals surface area contributed by atoms with Gasteiger partial charge >= 0.3 is 0 Å². The summed E-state index contributed by atoms with van der Waals surface area (Å²) in [5.41, 5.74) is 1.63. The number of para-hydroxylation sites is 1. The van der Waals surface area contributed by atoms with E-state index >= 15 is 0 Å². The molecule has 0 radical (unpaired) electrons. The first kappa shape index (κ1) is 10.8. The molecule has 0 bridgehead atoms. The Morgan fingerprint density at radius 1 is 1.31 bits per heavy atom. The molecule has 0 aliphatic rings. The molecule has 16 heavy (non-hydrogen) atoms. The van der Waals surface area contributed by atoms with E-state index in [0.717, 1.165) is 11.1 Å². The Morgan fingerprint density at radius 3 is 3.00 bits per heavy atom. The Hall–Kier alpha value is -1.72. The fourth-order valence-electron chi connectivity index (χ4n) is 1.51. The predicted octanol–water partition coefficient (Wildman–Crippen LogP) is 2.51. The van der Waals surface area contributed by atoms with E-state index in [9.17, 15) is 4.79 Å². The molecule has 0 spiro atoms. The summed E-state index contributed by atoms with van der Waals surface area (Å²) >= 11 is 5.55. The van der Waals surface area contributed by atoms with Crippen LogP contribution in [-0.2, 0) is 0 Å². The van der Waals surface area contributed by atoms with Crippen LogP contribution in [0.1, 0.15) is 12.0 Å². The average molecular weight is 232 g/mol. The summed E-state index contributed by atoms with van der Waals surface area (Å²) in [6.07, 6.45) is 2.28. The highest BCUT2D eigenvalue weighted by Crippen LogP contribution is 2.11. The van der Waals surface area contributed by atoms with Crippen molar-refractivity contribution in [3.63, 3.8) is 0 Å². The van der Waals surface area contributed by atoms with Gasteiger partial charge in [0.05, 0.1) is 5.52 Å². The topological polar surface area (TPSA) is 32.9 Å². The minimum absolute atomic E-state index is 0.00902. The van der Waals surface area contributed by atoms with E-state index in [2.05, 4.69) is 16.8 Å². The Labute approximate surface area is 98.3 Å². The SMILES string of the molecule is O=c1cc[nH]c2c(C#CCCCl)cccc12. The molecule has 0 amide bonds. The van der Waals surface area contributed by atoms with Crippen LogP contribution in [0.2, 0.25) is 0 Å². The summed E-state index contributed by atoms with van der Waals surface area (Å²) in [6.45, 7) is 0. The quantitative estimate of drug-likeness (QED) is 0.594. The van der Waals surface area contributed by atoms with Gasteiger partial charge in [0.2, 0.25) is 0 Å². The highest BCUT2D eigenvalue weighted by Gasteiger charge is 2.00. The number of rotatable bonds is 1. The third-order valence-corrected chi connectivity index (χ3v) is 2.42. The first-order valence-corrected chi connectivity index (χ1v) is 5.51. The molecule has 2 aromatic rings. The number of pyridine rings is 1. The van der Waals surface area contributed by atoms with E-state index in [4.69, 9.17) is 11.6 Å². The smallest absolute Gasteiger partial charge is 0.189 e. The largest absolute Gasteiger partial charge is 0.360 e. The van der Waals surface area contributed by atoms with Crippen molar-refractivity contribution in [1.29, 1.82) is 0 Å². The van der Waals surface area contributed by atoms with Crippen LogP contribution in [-0.4, -0.2) is 10.9 Å². The van der Waals surface area contributed by atoms with Crippen LogP contribution < -0.4 is 5.43 Å². The highest BCUT2D eigenvalue weighted by atomic mass is 35.5. The minimum atomic E-state index is 0.00902. The van der Waals surface area contributed by atoms with Crippen molar-refractivity contribution in [2.24, 2.45) is 0 Å². The zero-order chi connectivity index (χ0) is 11.4. The Morgan fingerprint density at radius 2 is 2.19 bits per heavy atom. The third-order valence-electron chi connectivity index (χ3n) is 2.23. The predicted molar refractivity (Wildman–Crippen MR) is 66.8 cm³/mol. The lowest BCUT2D eigenvalue weighted by atomic mass is 10.1. The summed E-state index contributed by atoms with van der Waals surface area (Å²) in [4.78, 5) is 14.6. The second-order valence-electron chi connectivity index (χ2n) is 3.31. The van der Waals surface area contributed by atoms with Gasteiger partial charge in [-0.1, -0.05) is 17.9 Å². The molecule has 1 aromatic carbocycles. The third kappa shape index (κ3) is 2.10. The van der Waals surface area contributed by atoms with Crippen LogP contribution in [0, 0.1) is 11.8 Å². The molecular weight excluding hydrogens is 222 g/mol. The van der Waals surface area contributed by atoms with Crippen molar-refractivity contribution in [1.82, 2.24) is 4.98 Å². The number of fused-ring (bicyclic) bond motifs is 1. The molecule has 2 nitrogen and oxygen atoms in total. The zero-order valence-corrected chi connectivity index (χ0v) is 9.34. The first-order chi connectivity index (χ1) is 7.83. The molecule has 1 N–H and O–H groups in total. The Bertz CT molecular complexity index is 619. The number of halogens is 1. The van der Waals surface area contributed by atoms with Crippen molar-refractivity contribution in [3.8, 4) is 11.8 Å². The van der Waals surface area contributed by atoms with Crippen molar-refractivity contribution >= 4 is 22.5 Å². The van der Waals surface area contributed by atoms with Crippen molar-refractivity contribution in [2.45, 2.75) is 6.42 Å².